The average Bonchev–Trinajstić information content (AvgIpc) is 2.63. The summed E-state index contributed by atoms with van der Waals surface area (Å²) in [7, 11) is 0. The van der Waals surface area contributed by atoms with E-state index in [0.29, 0.717) is 6.61 Å². The minimum Gasteiger partial charge on any atom is -0.343 e. The van der Waals surface area contributed by atoms with Gasteiger partial charge in [0.2, 0.25) is 0 Å². The molecule has 0 radical (unpaired) electrons. The van der Waals surface area contributed by atoms with Crippen LogP contribution in [-0.2, 0) is 15.3 Å². The molecule has 1 heterocycles. The fraction of sp³-hybridized carbons (Fsp3) is 0.455. The molecule has 1 aromatic carbocycles. The third-order valence-electron chi connectivity index (χ3n) is 2.41. The van der Waals surface area contributed by atoms with E-state index in [9.17, 15) is 0 Å². The molecular weight excluding hydrogens is 244 g/mol. The highest BCUT2D eigenvalue weighted by molar-refractivity contribution is 9.09. The molecule has 2 rings (SSSR count). The van der Waals surface area contributed by atoms with Gasteiger partial charge in [0, 0.05) is 10.9 Å². The maximum atomic E-state index is 5.82. The third kappa shape index (κ3) is 1.85. The van der Waals surface area contributed by atoms with E-state index < -0.39 is 5.79 Å². The van der Waals surface area contributed by atoms with Gasteiger partial charge in [-0.1, -0.05) is 46.3 Å². The first-order valence-electron chi connectivity index (χ1n) is 4.68. The van der Waals surface area contributed by atoms with Crippen molar-refractivity contribution < 1.29 is 9.47 Å². The molecule has 1 aromatic rings. The van der Waals surface area contributed by atoms with Gasteiger partial charge in [-0.3, -0.25) is 0 Å². The molecule has 2 atom stereocenters. The average molecular weight is 257 g/mol. The van der Waals surface area contributed by atoms with Crippen LogP contribution in [-0.4, -0.2) is 18.0 Å². The SMILES string of the molecule is CC1(c2ccccc2)OCC(CBr)O1. The van der Waals surface area contributed by atoms with Crippen LogP contribution in [0.1, 0.15) is 12.5 Å². The van der Waals surface area contributed by atoms with Crippen molar-refractivity contribution in [2.45, 2.75) is 18.8 Å². The third-order valence-corrected chi connectivity index (χ3v) is 3.13. The Labute approximate surface area is 92.3 Å². The zero-order chi connectivity index (χ0) is 10.0. The van der Waals surface area contributed by atoms with Crippen LogP contribution in [0.25, 0.3) is 0 Å². The van der Waals surface area contributed by atoms with E-state index in [1.807, 2.05) is 37.3 Å². The van der Waals surface area contributed by atoms with E-state index >= 15 is 0 Å². The van der Waals surface area contributed by atoms with Crippen molar-refractivity contribution in [3.05, 3.63) is 35.9 Å². The van der Waals surface area contributed by atoms with Crippen LogP contribution >= 0.6 is 15.9 Å². The normalized spacial score (nSPS) is 32.0. The van der Waals surface area contributed by atoms with Gasteiger partial charge < -0.3 is 9.47 Å². The minimum absolute atomic E-state index is 0.153. The maximum absolute atomic E-state index is 5.82. The lowest BCUT2D eigenvalue weighted by Crippen LogP contribution is -2.24. The quantitative estimate of drug-likeness (QED) is 0.758. The summed E-state index contributed by atoms with van der Waals surface area (Å²) >= 11 is 3.40. The molecule has 14 heavy (non-hydrogen) atoms. The number of halogens is 1. The Hall–Kier alpha value is -0.380. The van der Waals surface area contributed by atoms with Gasteiger partial charge in [-0.25, -0.2) is 0 Å². The van der Waals surface area contributed by atoms with Gasteiger partial charge >= 0.3 is 0 Å². The molecule has 3 heteroatoms. The number of benzene rings is 1. The van der Waals surface area contributed by atoms with Crippen molar-refractivity contribution in [3.63, 3.8) is 0 Å². The summed E-state index contributed by atoms with van der Waals surface area (Å²) in [6.07, 6.45) is 0.153. The Bertz CT molecular complexity index is 301. The maximum Gasteiger partial charge on any atom is 0.192 e. The second-order valence-electron chi connectivity index (χ2n) is 3.52. The lowest BCUT2D eigenvalue weighted by Gasteiger charge is -2.23. The smallest absolute Gasteiger partial charge is 0.192 e. The first-order valence-corrected chi connectivity index (χ1v) is 5.80. The molecule has 2 nitrogen and oxygen atoms in total. The van der Waals surface area contributed by atoms with Crippen LogP contribution in [0.5, 0.6) is 0 Å². The topological polar surface area (TPSA) is 18.5 Å². The van der Waals surface area contributed by atoms with Crippen LogP contribution in [0.2, 0.25) is 0 Å². The number of ether oxygens (including phenoxy) is 2. The van der Waals surface area contributed by atoms with E-state index in [-0.39, 0.29) is 6.10 Å². The highest BCUT2D eigenvalue weighted by atomic mass is 79.9. The fourth-order valence-corrected chi connectivity index (χ4v) is 1.93. The molecule has 0 aromatic heterocycles. The molecule has 0 N–H and O–H groups in total. The van der Waals surface area contributed by atoms with E-state index in [1.54, 1.807) is 0 Å². The summed E-state index contributed by atoms with van der Waals surface area (Å²) in [5.41, 5.74) is 1.07. The number of alkyl halides is 1. The molecular formula is C11H13BrO2. The molecule has 0 amide bonds. The second-order valence-corrected chi connectivity index (χ2v) is 4.16. The molecule has 1 saturated heterocycles. The zero-order valence-corrected chi connectivity index (χ0v) is 9.66. The summed E-state index contributed by atoms with van der Waals surface area (Å²) in [6, 6.07) is 10.0. The Morgan fingerprint density at radius 1 is 1.43 bits per heavy atom. The summed E-state index contributed by atoms with van der Waals surface area (Å²) in [6.45, 7) is 2.61. The minimum atomic E-state index is -0.570. The van der Waals surface area contributed by atoms with Gasteiger partial charge in [0.05, 0.1) is 12.7 Å². The van der Waals surface area contributed by atoms with Gasteiger partial charge in [-0.05, 0) is 6.92 Å². The second kappa shape index (κ2) is 4.01. The summed E-state index contributed by atoms with van der Waals surface area (Å²) in [4.78, 5) is 0. The lowest BCUT2D eigenvalue weighted by molar-refractivity contribution is -0.159. The Kier molecular flexibility index (Phi) is 2.91. The van der Waals surface area contributed by atoms with Crippen LogP contribution in [0, 0.1) is 0 Å². The van der Waals surface area contributed by atoms with Gasteiger partial charge in [-0.2, -0.15) is 0 Å². The number of rotatable bonds is 2. The Morgan fingerprint density at radius 2 is 2.14 bits per heavy atom. The zero-order valence-electron chi connectivity index (χ0n) is 8.07. The Morgan fingerprint density at radius 3 is 2.71 bits per heavy atom. The van der Waals surface area contributed by atoms with Gasteiger partial charge in [-0.15, -0.1) is 0 Å². The van der Waals surface area contributed by atoms with Gasteiger partial charge in [0.15, 0.2) is 5.79 Å². The molecule has 1 fully saturated rings. The molecule has 76 valence electrons. The van der Waals surface area contributed by atoms with Crippen LogP contribution in [0.4, 0.5) is 0 Å². The predicted octanol–water partition coefficient (Wildman–Crippen LogP) is 2.67. The molecule has 1 aliphatic rings. The van der Waals surface area contributed by atoms with Crippen LogP contribution < -0.4 is 0 Å². The number of hydrogen-bond donors (Lipinski definition) is 0. The van der Waals surface area contributed by atoms with E-state index in [1.165, 1.54) is 0 Å². The van der Waals surface area contributed by atoms with Gasteiger partial charge in [0.1, 0.15) is 0 Å². The molecule has 0 saturated carbocycles. The van der Waals surface area contributed by atoms with Crippen molar-refractivity contribution in [1.82, 2.24) is 0 Å². The standard InChI is InChI=1S/C11H13BrO2/c1-11(9-5-3-2-4-6-9)13-8-10(7-12)14-11/h2-6,10H,7-8H2,1H3. The first-order chi connectivity index (χ1) is 6.74. The van der Waals surface area contributed by atoms with E-state index in [2.05, 4.69) is 15.9 Å². The number of hydrogen-bond acceptors (Lipinski definition) is 2. The van der Waals surface area contributed by atoms with E-state index in [4.69, 9.17) is 9.47 Å². The molecule has 2 unspecified atom stereocenters. The molecule has 0 bridgehead atoms. The van der Waals surface area contributed by atoms with Crippen LogP contribution in [0.3, 0.4) is 0 Å². The van der Waals surface area contributed by atoms with Crippen molar-refractivity contribution in [3.8, 4) is 0 Å². The van der Waals surface area contributed by atoms with Gasteiger partial charge in [0.25, 0.3) is 0 Å². The summed E-state index contributed by atoms with van der Waals surface area (Å²) in [5.74, 6) is -0.570. The van der Waals surface area contributed by atoms with Crippen molar-refractivity contribution in [2.75, 3.05) is 11.9 Å². The van der Waals surface area contributed by atoms with E-state index in [0.717, 1.165) is 10.9 Å². The lowest BCUT2D eigenvalue weighted by atomic mass is 10.1. The van der Waals surface area contributed by atoms with Crippen LogP contribution in [0.15, 0.2) is 30.3 Å². The van der Waals surface area contributed by atoms with Crippen molar-refractivity contribution in [2.24, 2.45) is 0 Å². The highest BCUT2D eigenvalue weighted by Crippen LogP contribution is 2.33. The molecule has 1 aliphatic heterocycles. The first kappa shape index (κ1) is 10.1. The van der Waals surface area contributed by atoms with Crippen molar-refractivity contribution >= 4 is 15.9 Å². The summed E-state index contributed by atoms with van der Waals surface area (Å²) < 4.78 is 11.5. The molecule has 0 spiro atoms. The summed E-state index contributed by atoms with van der Waals surface area (Å²) in [5, 5.41) is 0.815. The highest BCUT2D eigenvalue weighted by Gasteiger charge is 2.38. The molecule has 0 aliphatic carbocycles. The predicted molar refractivity (Wildman–Crippen MR) is 58.4 cm³/mol. The Balaban J connectivity index is 2.19. The monoisotopic (exact) mass is 256 g/mol. The van der Waals surface area contributed by atoms with Crippen molar-refractivity contribution in [1.29, 1.82) is 0 Å². The largest absolute Gasteiger partial charge is 0.343 e. The fourth-order valence-electron chi connectivity index (χ4n) is 1.61.